The summed E-state index contributed by atoms with van der Waals surface area (Å²) in [6.07, 6.45) is 6.89. The fraction of sp³-hybridized carbons (Fsp3) is 0.0526. The normalized spacial score (nSPS) is 10.2. The second-order valence-corrected chi connectivity index (χ2v) is 4.98. The van der Waals surface area contributed by atoms with Crippen molar-refractivity contribution in [3.05, 3.63) is 66.5 Å². The van der Waals surface area contributed by atoms with Crippen LogP contribution in [0.4, 0.5) is 0 Å². The Hall–Kier alpha value is -3.32. The van der Waals surface area contributed by atoms with Gasteiger partial charge in [0.15, 0.2) is 0 Å². The van der Waals surface area contributed by atoms with E-state index in [2.05, 4.69) is 11.2 Å². The Morgan fingerprint density at radius 3 is 2.57 bits per heavy atom. The molecular weight excluding hydrogens is 288 g/mol. The van der Waals surface area contributed by atoms with Crippen LogP contribution in [-0.2, 0) is 4.79 Å². The molecule has 0 bridgehead atoms. The molecule has 2 aromatic heterocycles. The molecular formula is C19H14N2O2. The van der Waals surface area contributed by atoms with Gasteiger partial charge in [-0.3, -0.25) is 9.59 Å². The van der Waals surface area contributed by atoms with E-state index in [1.165, 1.54) is 0 Å². The standard InChI is InChI=1S/C19H14N2O2/c1-2-11-20-19(23)18(22)17-16(14-8-4-3-5-9-14)13-15-10-6-7-12-21(15)17/h1,3-10,12-13H,11H2,(H,20,23). The third kappa shape index (κ3) is 2.72. The number of hydrogen-bond donors (Lipinski definition) is 1. The van der Waals surface area contributed by atoms with E-state index in [1.807, 2.05) is 54.6 Å². The summed E-state index contributed by atoms with van der Waals surface area (Å²) in [6, 6.07) is 17.0. The molecule has 1 N–H and O–H groups in total. The van der Waals surface area contributed by atoms with Crippen LogP contribution in [0.25, 0.3) is 16.6 Å². The number of carbonyl (C=O) groups is 2. The molecule has 3 rings (SSSR count). The van der Waals surface area contributed by atoms with Crippen LogP contribution in [0.15, 0.2) is 60.8 Å². The van der Waals surface area contributed by atoms with Crippen LogP contribution < -0.4 is 5.32 Å². The zero-order valence-corrected chi connectivity index (χ0v) is 12.3. The monoisotopic (exact) mass is 302 g/mol. The van der Waals surface area contributed by atoms with Crippen LogP contribution in [0.3, 0.4) is 0 Å². The van der Waals surface area contributed by atoms with E-state index in [1.54, 1.807) is 10.6 Å². The van der Waals surface area contributed by atoms with E-state index >= 15 is 0 Å². The summed E-state index contributed by atoms with van der Waals surface area (Å²) in [5.41, 5.74) is 2.78. The molecule has 1 amide bonds. The van der Waals surface area contributed by atoms with Gasteiger partial charge in [-0.1, -0.05) is 42.3 Å². The van der Waals surface area contributed by atoms with E-state index in [-0.39, 0.29) is 6.54 Å². The lowest BCUT2D eigenvalue weighted by Crippen LogP contribution is -2.32. The molecule has 4 heteroatoms. The largest absolute Gasteiger partial charge is 0.338 e. The Labute approximate surface area is 133 Å². The lowest BCUT2D eigenvalue weighted by Gasteiger charge is -2.06. The van der Waals surface area contributed by atoms with E-state index < -0.39 is 11.7 Å². The molecule has 0 spiro atoms. The van der Waals surface area contributed by atoms with Crippen molar-refractivity contribution in [2.24, 2.45) is 0 Å². The molecule has 0 saturated heterocycles. The summed E-state index contributed by atoms with van der Waals surface area (Å²) < 4.78 is 1.72. The van der Waals surface area contributed by atoms with Crippen LogP contribution in [0.5, 0.6) is 0 Å². The van der Waals surface area contributed by atoms with Crippen LogP contribution in [-0.4, -0.2) is 22.6 Å². The van der Waals surface area contributed by atoms with Crippen molar-refractivity contribution in [3.63, 3.8) is 0 Å². The van der Waals surface area contributed by atoms with E-state index in [9.17, 15) is 9.59 Å². The minimum Gasteiger partial charge on any atom is -0.338 e. The Morgan fingerprint density at radius 1 is 1.09 bits per heavy atom. The fourth-order valence-corrected chi connectivity index (χ4v) is 2.51. The first-order valence-electron chi connectivity index (χ1n) is 7.14. The molecule has 0 aliphatic rings. The average molecular weight is 302 g/mol. The van der Waals surface area contributed by atoms with Crippen molar-refractivity contribution in [1.29, 1.82) is 0 Å². The number of pyridine rings is 1. The van der Waals surface area contributed by atoms with Gasteiger partial charge in [-0.2, -0.15) is 0 Å². The van der Waals surface area contributed by atoms with Gasteiger partial charge in [-0.05, 0) is 23.8 Å². The molecule has 0 fully saturated rings. The summed E-state index contributed by atoms with van der Waals surface area (Å²) >= 11 is 0. The lowest BCUT2D eigenvalue weighted by atomic mass is 10.0. The predicted molar refractivity (Wildman–Crippen MR) is 89.0 cm³/mol. The van der Waals surface area contributed by atoms with Gasteiger partial charge >= 0.3 is 0 Å². The molecule has 23 heavy (non-hydrogen) atoms. The molecule has 4 nitrogen and oxygen atoms in total. The second kappa shape index (κ2) is 6.20. The number of Topliss-reactive ketones (excluding diaryl/α,β-unsaturated/α-hetero) is 1. The Balaban J connectivity index is 2.16. The van der Waals surface area contributed by atoms with Crippen molar-refractivity contribution in [2.75, 3.05) is 6.54 Å². The van der Waals surface area contributed by atoms with Gasteiger partial charge in [0.25, 0.3) is 11.7 Å². The van der Waals surface area contributed by atoms with Gasteiger partial charge < -0.3 is 9.72 Å². The van der Waals surface area contributed by atoms with Crippen LogP contribution in [0, 0.1) is 12.3 Å². The van der Waals surface area contributed by atoms with Gasteiger partial charge in [-0.25, -0.2) is 0 Å². The highest BCUT2D eigenvalue weighted by Crippen LogP contribution is 2.28. The summed E-state index contributed by atoms with van der Waals surface area (Å²) in [4.78, 5) is 24.7. The first-order chi connectivity index (χ1) is 11.2. The third-order valence-corrected chi connectivity index (χ3v) is 3.54. The van der Waals surface area contributed by atoms with Crippen molar-refractivity contribution < 1.29 is 9.59 Å². The molecule has 0 radical (unpaired) electrons. The molecule has 2 heterocycles. The highest BCUT2D eigenvalue weighted by Gasteiger charge is 2.24. The first kappa shape index (κ1) is 14.6. The molecule has 0 atom stereocenters. The second-order valence-electron chi connectivity index (χ2n) is 4.98. The minimum atomic E-state index is -0.705. The number of amides is 1. The summed E-state index contributed by atoms with van der Waals surface area (Å²) in [5, 5.41) is 2.43. The molecule has 112 valence electrons. The number of hydrogen-bond acceptors (Lipinski definition) is 2. The van der Waals surface area contributed by atoms with Crippen molar-refractivity contribution >= 4 is 17.2 Å². The SMILES string of the molecule is C#CCNC(=O)C(=O)c1c(-c2ccccc2)cc2ccccn12. The Bertz CT molecular complexity index is 917. The number of rotatable bonds is 4. The smallest absolute Gasteiger partial charge is 0.294 e. The first-order valence-corrected chi connectivity index (χ1v) is 7.14. The summed E-state index contributed by atoms with van der Waals surface area (Å²) in [7, 11) is 0. The van der Waals surface area contributed by atoms with Gasteiger partial charge in [0.1, 0.15) is 5.69 Å². The maximum atomic E-state index is 12.6. The zero-order chi connectivity index (χ0) is 16.2. The number of carbonyl (C=O) groups excluding carboxylic acids is 2. The zero-order valence-electron chi connectivity index (χ0n) is 12.3. The highest BCUT2D eigenvalue weighted by molar-refractivity contribution is 6.43. The number of terminal acetylenes is 1. The summed E-state index contributed by atoms with van der Waals surface area (Å²) in [6.45, 7) is 0.0224. The predicted octanol–water partition coefficient (Wildman–Crippen LogP) is 2.54. The van der Waals surface area contributed by atoms with Crippen molar-refractivity contribution in [3.8, 4) is 23.5 Å². The molecule has 0 aliphatic heterocycles. The Morgan fingerprint density at radius 2 is 1.83 bits per heavy atom. The van der Waals surface area contributed by atoms with E-state index in [4.69, 9.17) is 6.42 Å². The number of benzene rings is 1. The molecule has 3 aromatic rings. The summed E-state index contributed by atoms with van der Waals surface area (Å²) in [5.74, 6) is 0.980. The van der Waals surface area contributed by atoms with Crippen LogP contribution >= 0.6 is 0 Å². The highest BCUT2D eigenvalue weighted by atomic mass is 16.2. The quantitative estimate of drug-likeness (QED) is 0.457. The fourth-order valence-electron chi connectivity index (χ4n) is 2.51. The number of ketones is 1. The third-order valence-electron chi connectivity index (χ3n) is 3.54. The average Bonchev–Trinajstić information content (AvgIpc) is 2.99. The Kier molecular flexibility index (Phi) is 3.94. The minimum absolute atomic E-state index is 0.0224. The molecule has 0 aliphatic carbocycles. The van der Waals surface area contributed by atoms with Gasteiger partial charge in [0.05, 0.1) is 6.54 Å². The molecule has 0 unspecified atom stereocenters. The maximum absolute atomic E-state index is 12.6. The topological polar surface area (TPSA) is 50.6 Å². The van der Waals surface area contributed by atoms with Gasteiger partial charge in [0.2, 0.25) is 0 Å². The van der Waals surface area contributed by atoms with E-state index in [0.29, 0.717) is 5.69 Å². The van der Waals surface area contributed by atoms with Crippen molar-refractivity contribution in [1.82, 2.24) is 9.72 Å². The molecule has 1 aromatic carbocycles. The number of fused-ring (bicyclic) bond motifs is 1. The van der Waals surface area contributed by atoms with Gasteiger partial charge in [-0.15, -0.1) is 6.42 Å². The molecule has 0 saturated carbocycles. The lowest BCUT2D eigenvalue weighted by molar-refractivity contribution is -0.116. The van der Waals surface area contributed by atoms with Crippen molar-refractivity contribution in [2.45, 2.75) is 0 Å². The number of nitrogens with one attached hydrogen (secondary N) is 1. The van der Waals surface area contributed by atoms with Crippen LogP contribution in [0.2, 0.25) is 0 Å². The maximum Gasteiger partial charge on any atom is 0.294 e. The van der Waals surface area contributed by atoms with E-state index in [0.717, 1.165) is 16.6 Å². The van der Waals surface area contributed by atoms with Crippen LogP contribution in [0.1, 0.15) is 10.5 Å². The van der Waals surface area contributed by atoms with Gasteiger partial charge in [0, 0.05) is 17.3 Å². The number of aromatic nitrogens is 1. The number of nitrogens with zero attached hydrogens (tertiary/aromatic N) is 1.